The van der Waals surface area contributed by atoms with Crippen molar-refractivity contribution in [1.29, 1.82) is 0 Å². The average molecular weight is 325 g/mol. The molecule has 1 saturated heterocycles. The third-order valence-electron chi connectivity index (χ3n) is 3.99. The van der Waals surface area contributed by atoms with Gasteiger partial charge >= 0.3 is 0 Å². The van der Waals surface area contributed by atoms with Gasteiger partial charge in [-0.15, -0.1) is 11.3 Å². The number of morpholine rings is 1. The molecular formula is C17H15N3O2S. The van der Waals surface area contributed by atoms with Crippen molar-refractivity contribution < 1.29 is 9.53 Å². The minimum absolute atomic E-state index is 0.00950. The highest BCUT2D eigenvalue weighted by molar-refractivity contribution is 7.10. The van der Waals surface area contributed by atoms with Crippen LogP contribution in [0, 0.1) is 0 Å². The molecule has 0 spiro atoms. The van der Waals surface area contributed by atoms with Crippen LogP contribution in [-0.2, 0) is 4.74 Å². The molecule has 116 valence electrons. The molecule has 0 aliphatic carbocycles. The van der Waals surface area contributed by atoms with E-state index in [1.165, 1.54) is 0 Å². The number of aromatic nitrogens is 2. The van der Waals surface area contributed by atoms with Gasteiger partial charge in [-0.1, -0.05) is 6.07 Å². The van der Waals surface area contributed by atoms with Gasteiger partial charge in [0.15, 0.2) is 0 Å². The van der Waals surface area contributed by atoms with Crippen LogP contribution in [0.1, 0.15) is 21.3 Å². The summed E-state index contributed by atoms with van der Waals surface area (Å²) in [6, 6.07) is 7.64. The number of fused-ring (bicyclic) bond motifs is 1. The minimum atomic E-state index is -0.0427. The van der Waals surface area contributed by atoms with Crippen LogP contribution in [0.3, 0.4) is 0 Å². The molecular weight excluding hydrogens is 310 g/mol. The summed E-state index contributed by atoms with van der Waals surface area (Å²) in [6.07, 6.45) is 5.02. The fraction of sp³-hybridized carbons (Fsp3) is 0.235. The molecule has 0 radical (unpaired) electrons. The van der Waals surface area contributed by atoms with E-state index in [4.69, 9.17) is 4.74 Å². The lowest BCUT2D eigenvalue weighted by Crippen LogP contribution is -2.42. The predicted octanol–water partition coefficient (Wildman–Crippen LogP) is 2.91. The van der Waals surface area contributed by atoms with Crippen LogP contribution in [0.5, 0.6) is 0 Å². The fourth-order valence-electron chi connectivity index (χ4n) is 2.83. The van der Waals surface area contributed by atoms with Gasteiger partial charge in [-0.25, -0.2) is 0 Å². The van der Waals surface area contributed by atoms with Crippen LogP contribution >= 0.6 is 11.3 Å². The Hall–Kier alpha value is -2.31. The van der Waals surface area contributed by atoms with E-state index in [0.29, 0.717) is 25.3 Å². The maximum absolute atomic E-state index is 12.9. The molecule has 1 amide bonds. The van der Waals surface area contributed by atoms with Gasteiger partial charge in [0.2, 0.25) is 0 Å². The normalized spacial score (nSPS) is 18.3. The number of hydrogen-bond acceptors (Lipinski definition) is 5. The Morgan fingerprint density at radius 1 is 1.30 bits per heavy atom. The van der Waals surface area contributed by atoms with Crippen molar-refractivity contribution in [2.24, 2.45) is 0 Å². The molecule has 23 heavy (non-hydrogen) atoms. The summed E-state index contributed by atoms with van der Waals surface area (Å²) >= 11 is 1.66. The number of pyridine rings is 2. The predicted molar refractivity (Wildman–Crippen MR) is 88.5 cm³/mol. The first-order valence-corrected chi connectivity index (χ1v) is 8.34. The number of ether oxygens (including phenoxy) is 1. The van der Waals surface area contributed by atoms with E-state index in [0.717, 1.165) is 15.8 Å². The highest BCUT2D eigenvalue weighted by Crippen LogP contribution is 2.27. The van der Waals surface area contributed by atoms with Crippen molar-refractivity contribution in [3.05, 3.63) is 58.7 Å². The van der Waals surface area contributed by atoms with Crippen LogP contribution in [0.2, 0.25) is 0 Å². The minimum Gasteiger partial charge on any atom is -0.369 e. The number of carbonyl (C=O) groups excluding carboxylic acids is 1. The van der Waals surface area contributed by atoms with E-state index in [1.807, 2.05) is 22.4 Å². The molecule has 1 fully saturated rings. The van der Waals surface area contributed by atoms with Crippen molar-refractivity contribution in [2.45, 2.75) is 6.10 Å². The van der Waals surface area contributed by atoms with Gasteiger partial charge in [0.05, 0.1) is 24.2 Å². The van der Waals surface area contributed by atoms with Gasteiger partial charge in [0.1, 0.15) is 6.10 Å². The molecule has 1 aliphatic rings. The second kappa shape index (κ2) is 6.06. The van der Waals surface area contributed by atoms with Crippen LogP contribution in [0.15, 0.2) is 48.2 Å². The molecule has 4 heterocycles. The summed E-state index contributed by atoms with van der Waals surface area (Å²) in [5, 5.41) is 2.82. The number of thiophene rings is 1. The first-order chi connectivity index (χ1) is 11.3. The van der Waals surface area contributed by atoms with Crippen molar-refractivity contribution in [3.8, 4) is 0 Å². The van der Waals surface area contributed by atoms with Crippen LogP contribution in [0.4, 0.5) is 0 Å². The second-order valence-corrected chi connectivity index (χ2v) is 6.36. The topological polar surface area (TPSA) is 55.3 Å². The lowest BCUT2D eigenvalue weighted by Gasteiger charge is -2.32. The van der Waals surface area contributed by atoms with Crippen LogP contribution < -0.4 is 0 Å². The first kappa shape index (κ1) is 14.3. The summed E-state index contributed by atoms with van der Waals surface area (Å²) in [5.74, 6) is 0.00950. The Morgan fingerprint density at radius 3 is 3.13 bits per heavy atom. The SMILES string of the molecule is O=C(c1ccnc2ccncc12)N1CCOC(c2cccs2)C1. The molecule has 3 aromatic rings. The van der Waals surface area contributed by atoms with Crippen LogP contribution in [0.25, 0.3) is 10.9 Å². The third-order valence-corrected chi connectivity index (χ3v) is 4.95. The highest BCUT2D eigenvalue weighted by atomic mass is 32.1. The molecule has 1 atom stereocenters. The van der Waals surface area contributed by atoms with E-state index < -0.39 is 0 Å². The number of amides is 1. The zero-order chi connectivity index (χ0) is 15.6. The highest BCUT2D eigenvalue weighted by Gasteiger charge is 2.27. The Labute approximate surface area is 137 Å². The van der Waals surface area contributed by atoms with Crippen molar-refractivity contribution in [1.82, 2.24) is 14.9 Å². The molecule has 3 aromatic heterocycles. The number of rotatable bonds is 2. The zero-order valence-corrected chi connectivity index (χ0v) is 13.2. The van der Waals surface area contributed by atoms with E-state index in [1.54, 1.807) is 36.0 Å². The molecule has 1 aliphatic heterocycles. The number of carbonyl (C=O) groups is 1. The molecule has 6 heteroatoms. The molecule has 0 N–H and O–H groups in total. The largest absolute Gasteiger partial charge is 0.369 e. The van der Waals surface area contributed by atoms with E-state index in [9.17, 15) is 4.79 Å². The van der Waals surface area contributed by atoms with Crippen molar-refractivity contribution in [3.63, 3.8) is 0 Å². The summed E-state index contributed by atoms with van der Waals surface area (Å²) in [6.45, 7) is 1.73. The number of nitrogens with zero attached hydrogens (tertiary/aromatic N) is 3. The summed E-state index contributed by atoms with van der Waals surface area (Å²) < 4.78 is 5.82. The molecule has 4 rings (SSSR count). The van der Waals surface area contributed by atoms with Gasteiger partial charge in [0, 0.05) is 35.4 Å². The van der Waals surface area contributed by atoms with Crippen molar-refractivity contribution in [2.75, 3.05) is 19.7 Å². The lowest BCUT2D eigenvalue weighted by atomic mass is 10.1. The monoisotopic (exact) mass is 325 g/mol. The first-order valence-electron chi connectivity index (χ1n) is 7.46. The Kier molecular flexibility index (Phi) is 3.77. The second-order valence-electron chi connectivity index (χ2n) is 5.38. The zero-order valence-electron chi connectivity index (χ0n) is 12.4. The number of hydrogen-bond donors (Lipinski definition) is 0. The van der Waals surface area contributed by atoms with Gasteiger partial charge in [-0.3, -0.25) is 14.8 Å². The maximum atomic E-state index is 12.9. The maximum Gasteiger partial charge on any atom is 0.254 e. The summed E-state index contributed by atoms with van der Waals surface area (Å²) in [5.41, 5.74) is 1.43. The molecule has 0 aromatic carbocycles. The fourth-order valence-corrected chi connectivity index (χ4v) is 3.59. The molecule has 5 nitrogen and oxygen atoms in total. The lowest BCUT2D eigenvalue weighted by molar-refractivity contribution is -0.0211. The Morgan fingerprint density at radius 2 is 2.26 bits per heavy atom. The van der Waals surface area contributed by atoms with E-state index in [-0.39, 0.29) is 12.0 Å². The van der Waals surface area contributed by atoms with Crippen LogP contribution in [-0.4, -0.2) is 40.5 Å². The molecule has 0 bridgehead atoms. The molecule has 1 unspecified atom stereocenters. The summed E-state index contributed by atoms with van der Waals surface area (Å²) in [4.78, 5) is 24.4. The Balaban J connectivity index is 1.63. The van der Waals surface area contributed by atoms with E-state index >= 15 is 0 Å². The Bertz CT molecular complexity index is 829. The van der Waals surface area contributed by atoms with Gasteiger partial charge in [-0.2, -0.15) is 0 Å². The van der Waals surface area contributed by atoms with E-state index in [2.05, 4.69) is 16.0 Å². The molecule has 0 saturated carbocycles. The van der Waals surface area contributed by atoms with Gasteiger partial charge in [0.25, 0.3) is 5.91 Å². The quantitative estimate of drug-likeness (QED) is 0.727. The summed E-state index contributed by atoms with van der Waals surface area (Å²) in [7, 11) is 0. The average Bonchev–Trinajstić information content (AvgIpc) is 3.15. The van der Waals surface area contributed by atoms with Gasteiger partial charge < -0.3 is 9.64 Å². The third kappa shape index (κ3) is 2.71. The standard InChI is InChI=1S/C17H15N3O2S/c21-17(12-3-6-19-14-4-5-18-10-13(12)14)20-7-8-22-15(11-20)16-2-1-9-23-16/h1-6,9-10,15H,7-8,11H2. The van der Waals surface area contributed by atoms with Gasteiger partial charge in [-0.05, 0) is 23.6 Å². The van der Waals surface area contributed by atoms with Crippen molar-refractivity contribution >= 4 is 28.1 Å². The smallest absolute Gasteiger partial charge is 0.254 e.